The van der Waals surface area contributed by atoms with Gasteiger partial charge in [0.25, 0.3) is 5.69 Å². The predicted octanol–water partition coefficient (Wildman–Crippen LogP) is 1.61. The molecule has 0 saturated heterocycles. The van der Waals surface area contributed by atoms with Crippen LogP contribution in [0.4, 0.5) is 5.69 Å². The summed E-state index contributed by atoms with van der Waals surface area (Å²) in [5.74, 6) is -0.208. The highest BCUT2D eigenvalue weighted by molar-refractivity contribution is 5.76. The predicted molar refractivity (Wildman–Crippen MR) is 53.4 cm³/mol. The van der Waals surface area contributed by atoms with Gasteiger partial charge in [0.2, 0.25) is 0 Å². The summed E-state index contributed by atoms with van der Waals surface area (Å²) in [5, 5.41) is 20.2. The molecule has 0 aliphatic rings. The van der Waals surface area contributed by atoms with Gasteiger partial charge in [-0.3, -0.25) is 14.9 Å². The molecule has 0 fully saturated rings. The smallest absolute Gasteiger partial charge is 0.275 e. The SMILES string of the molecule is CC(=O)C[C@@H](O)c1ccccc1[N+](=O)[O-]. The van der Waals surface area contributed by atoms with E-state index in [1.54, 1.807) is 6.07 Å². The van der Waals surface area contributed by atoms with E-state index in [4.69, 9.17) is 0 Å². The average molecular weight is 209 g/mol. The summed E-state index contributed by atoms with van der Waals surface area (Å²) >= 11 is 0. The van der Waals surface area contributed by atoms with E-state index in [-0.39, 0.29) is 23.5 Å². The molecule has 0 amide bonds. The van der Waals surface area contributed by atoms with Crippen LogP contribution in [0.2, 0.25) is 0 Å². The molecule has 1 aromatic rings. The maximum Gasteiger partial charge on any atom is 0.275 e. The van der Waals surface area contributed by atoms with Crippen LogP contribution in [0.1, 0.15) is 25.0 Å². The summed E-state index contributed by atoms with van der Waals surface area (Å²) < 4.78 is 0. The number of para-hydroxylation sites is 1. The Balaban J connectivity index is 3.02. The van der Waals surface area contributed by atoms with Gasteiger partial charge in [-0.15, -0.1) is 0 Å². The fourth-order valence-corrected chi connectivity index (χ4v) is 1.32. The molecule has 0 radical (unpaired) electrons. The van der Waals surface area contributed by atoms with E-state index < -0.39 is 11.0 Å². The molecule has 0 saturated carbocycles. The number of nitro groups is 1. The Bertz CT molecular complexity index is 389. The maximum absolute atomic E-state index is 10.8. The fraction of sp³-hybridized carbons (Fsp3) is 0.300. The van der Waals surface area contributed by atoms with Crippen molar-refractivity contribution < 1.29 is 14.8 Å². The molecule has 1 rings (SSSR count). The first-order chi connectivity index (χ1) is 7.02. The third kappa shape index (κ3) is 2.85. The normalized spacial score (nSPS) is 12.1. The van der Waals surface area contributed by atoms with E-state index in [1.807, 2.05) is 0 Å². The van der Waals surface area contributed by atoms with E-state index in [9.17, 15) is 20.0 Å². The second-order valence-corrected chi connectivity index (χ2v) is 3.24. The van der Waals surface area contributed by atoms with Crippen molar-refractivity contribution in [3.8, 4) is 0 Å². The molecule has 0 aliphatic carbocycles. The molecule has 80 valence electrons. The lowest BCUT2D eigenvalue weighted by atomic mass is 10.0. The molecule has 1 N–H and O–H groups in total. The van der Waals surface area contributed by atoms with Gasteiger partial charge in [-0.05, 0) is 13.0 Å². The van der Waals surface area contributed by atoms with Crippen LogP contribution in [0.25, 0.3) is 0 Å². The maximum atomic E-state index is 10.8. The number of aliphatic hydroxyl groups is 1. The fourth-order valence-electron chi connectivity index (χ4n) is 1.32. The van der Waals surface area contributed by atoms with Gasteiger partial charge in [0.05, 0.1) is 16.6 Å². The lowest BCUT2D eigenvalue weighted by Gasteiger charge is -2.08. The Hall–Kier alpha value is -1.75. The monoisotopic (exact) mass is 209 g/mol. The van der Waals surface area contributed by atoms with Crippen molar-refractivity contribution in [2.45, 2.75) is 19.4 Å². The van der Waals surface area contributed by atoms with Crippen LogP contribution in [-0.4, -0.2) is 15.8 Å². The molecule has 5 nitrogen and oxygen atoms in total. The van der Waals surface area contributed by atoms with Gasteiger partial charge in [-0.25, -0.2) is 0 Å². The third-order valence-corrected chi connectivity index (χ3v) is 1.97. The van der Waals surface area contributed by atoms with Crippen molar-refractivity contribution in [1.29, 1.82) is 0 Å². The number of hydrogen-bond donors (Lipinski definition) is 1. The van der Waals surface area contributed by atoms with Gasteiger partial charge in [0.1, 0.15) is 5.78 Å². The Morgan fingerprint density at radius 3 is 2.67 bits per heavy atom. The van der Waals surface area contributed by atoms with Gasteiger partial charge in [0.15, 0.2) is 0 Å². The number of carbonyl (C=O) groups excluding carboxylic acids is 1. The van der Waals surface area contributed by atoms with Crippen molar-refractivity contribution in [2.75, 3.05) is 0 Å². The Labute approximate surface area is 86.5 Å². The Morgan fingerprint density at radius 1 is 1.53 bits per heavy atom. The van der Waals surface area contributed by atoms with Gasteiger partial charge >= 0.3 is 0 Å². The molecular formula is C10H11NO4. The van der Waals surface area contributed by atoms with Crippen molar-refractivity contribution in [2.24, 2.45) is 0 Å². The summed E-state index contributed by atoms with van der Waals surface area (Å²) in [6, 6.07) is 5.86. The molecule has 0 unspecified atom stereocenters. The number of Topliss-reactive ketones (excluding diaryl/α,β-unsaturated/α-hetero) is 1. The number of carbonyl (C=O) groups is 1. The van der Waals surface area contributed by atoms with Crippen LogP contribution in [0.15, 0.2) is 24.3 Å². The Morgan fingerprint density at radius 2 is 2.13 bits per heavy atom. The van der Waals surface area contributed by atoms with Crippen LogP contribution in [-0.2, 0) is 4.79 Å². The number of nitro benzene ring substituents is 1. The largest absolute Gasteiger partial charge is 0.388 e. The lowest BCUT2D eigenvalue weighted by molar-refractivity contribution is -0.386. The third-order valence-electron chi connectivity index (χ3n) is 1.97. The standard InChI is InChI=1S/C10H11NO4/c1-7(12)6-10(13)8-4-2-3-5-9(8)11(14)15/h2-5,10,13H,6H2,1H3/t10-/m1/s1. The van der Waals surface area contributed by atoms with Crippen molar-refractivity contribution in [3.05, 3.63) is 39.9 Å². The van der Waals surface area contributed by atoms with E-state index in [1.165, 1.54) is 25.1 Å². The summed E-state index contributed by atoms with van der Waals surface area (Å²) in [7, 11) is 0. The zero-order valence-corrected chi connectivity index (χ0v) is 8.21. The number of benzene rings is 1. The first kappa shape index (κ1) is 11.3. The minimum atomic E-state index is -1.11. The van der Waals surface area contributed by atoms with Crippen LogP contribution >= 0.6 is 0 Å². The molecule has 0 heterocycles. The minimum Gasteiger partial charge on any atom is -0.388 e. The van der Waals surface area contributed by atoms with Gasteiger partial charge in [-0.1, -0.05) is 12.1 Å². The number of hydrogen-bond acceptors (Lipinski definition) is 4. The lowest BCUT2D eigenvalue weighted by Crippen LogP contribution is -2.06. The Kier molecular flexibility index (Phi) is 3.51. The van der Waals surface area contributed by atoms with Gasteiger partial charge < -0.3 is 5.11 Å². The van der Waals surface area contributed by atoms with Crippen molar-refractivity contribution >= 4 is 11.5 Å². The van der Waals surface area contributed by atoms with Crippen LogP contribution in [0.3, 0.4) is 0 Å². The highest BCUT2D eigenvalue weighted by Crippen LogP contribution is 2.26. The molecule has 0 aliphatic heterocycles. The molecule has 1 atom stereocenters. The van der Waals surface area contributed by atoms with E-state index in [2.05, 4.69) is 0 Å². The molecule has 1 aromatic carbocycles. The van der Waals surface area contributed by atoms with Crippen LogP contribution in [0.5, 0.6) is 0 Å². The van der Waals surface area contributed by atoms with Gasteiger partial charge in [0, 0.05) is 12.5 Å². The molecule has 15 heavy (non-hydrogen) atoms. The first-order valence-corrected chi connectivity index (χ1v) is 4.43. The summed E-state index contributed by atoms with van der Waals surface area (Å²) in [6.45, 7) is 1.33. The zero-order valence-electron chi connectivity index (χ0n) is 8.21. The number of aliphatic hydroxyl groups excluding tert-OH is 1. The number of nitrogens with zero attached hydrogens (tertiary/aromatic N) is 1. The summed E-state index contributed by atoms with van der Waals surface area (Å²) in [6.07, 6.45) is -1.21. The highest BCUT2D eigenvalue weighted by Gasteiger charge is 2.20. The zero-order chi connectivity index (χ0) is 11.4. The van der Waals surface area contributed by atoms with Crippen molar-refractivity contribution in [1.82, 2.24) is 0 Å². The second kappa shape index (κ2) is 4.65. The van der Waals surface area contributed by atoms with Crippen molar-refractivity contribution in [3.63, 3.8) is 0 Å². The topological polar surface area (TPSA) is 80.4 Å². The van der Waals surface area contributed by atoms with Crippen LogP contribution in [0, 0.1) is 10.1 Å². The molecule has 5 heteroatoms. The summed E-state index contributed by atoms with van der Waals surface area (Å²) in [5.41, 5.74) is 0.0175. The van der Waals surface area contributed by atoms with E-state index in [0.717, 1.165) is 0 Å². The minimum absolute atomic E-state index is 0.106. The second-order valence-electron chi connectivity index (χ2n) is 3.24. The van der Waals surface area contributed by atoms with Gasteiger partial charge in [-0.2, -0.15) is 0 Å². The van der Waals surface area contributed by atoms with E-state index in [0.29, 0.717) is 0 Å². The number of rotatable bonds is 4. The van der Waals surface area contributed by atoms with E-state index >= 15 is 0 Å². The van der Waals surface area contributed by atoms with Crippen LogP contribution < -0.4 is 0 Å². The highest BCUT2D eigenvalue weighted by atomic mass is 16.6. The quantitative estimate of drug-likeness (QED) is 0.603. The molecular weight excluding hydrogens is 198 g/mol. The molecule has 0 bridgehead atoms. The summed E-state index contributed by atoms with van der Waals surface area (Å²) in [4.78, 5) is 20.8. The first-order valence-electron chi connectivity index (χ1n) is 4.43. The molecule has 0 spiro atoms. The average Bonchev–Trinajstić information content (AvgIpc) is 2.16. The molecule has 0 aromatic heterocycles. The number of ketones is 1.